The van der Waals surface area contributed by atoms with Crippen LogP contribution in [0.3, 0.4) is 0 Å². The molecule has 0 aliphatic rings. The van der Waals surface area contributed by atoms with Crippen LogP contribution in [0.5, 0.6) is 0 Å². The number of rotatable bonds is 2. The normalized spacial score (nSPS) is 11.5. The van der Waals surface area contributed by atoms with Gasteiger partial charge in [-0.15, -0.1) is 10.2 Å². The largest absolute Gasteiger partial charge is 0.368 e. The number of hydrogen-bond acceptors (Lipinski definition) is 4. The van der Waals surface area contributed by atoms with E-state index in [2.05, 4.69) is 64.8 Å². The summed E-state index contributed by atoms with van der Waals surface area (Å²) in [5.74, 6) is 0.846. The van der Waals surface area contributed by atoms with Crippen molar-refractivity contribution >= 4 is 38.3 Å². The van der Waals surface area contributed by atoms with E-state index in [0.717, 1.165) is 16.6 Å². The van der Waals surface area contributed by atoms with E-state index in [9.17, 15) is 5.26 Å². The number of nitrogens with zero attached hydrogens (tertiary/aromatic N) is 4. The van der Waals surface area contributed by atoms with Gasteiger partial charge in [-0.2, -0.15) is 5.26 Å². The molecule has 0 fully saturated rings. The molecule has 31 heavy (non-hydrogen) atoms. The summed E-state index contributed by atoms with van der Waals surface area (Å²) in [5, 5.41) is 25.3. The zero-order chi connectivity index (χ0) is 21.1. The molecule has 0 saturated heterocycles. The van der Waals surface area contributed by atoms with Crippen molar-refractivity contribution in [2.75, 3.05) is 5.73 Å². The number of anilines is 1. The summed E-state index contributed by atoms with van der Waals surface area (Å²) < 4.78 is 1.84. The van der Waals surface area contributed by atoms with Crippen LogP contribution in [0.1, 0.15) is 11.1 Å². The minimum absolute atomic E-state index is 0.287. The fraction of sp³-hybridized carbons (Fsp3) is 0.0385. The highest BCUT2D eigenvalue weighted by atomic mass is 15.3. The van der Waals surface area contributed by atoms with E-state index in [4.69, 9.17) is 5.73 Å². The highest BCUT2D eigenvalue weighted by Gasteiger charge is 2.20. The van der Waals surface area contributed by atoms with E-state index in [-0.39, 0.29) is 5.95 Å². The van der Waals surface area contributed by atoms with Gasteiger partial charge in [0.15, 0.2) is 5.82 Å². The average molecular weight is 399 g/mol. The van der Waals surface area contributed by atoms with Crippen molar-refractivity contribution in [2.24, 2.45) is 0 Å². The Labute approximate surface area is 178 Å². The smallest absolute Gasteiger partial charge is 0.226 e. The highest BCUT2D eigenvalue weighted by molar-refractivity contribution is 6.24. The summed E-state index contributed by atoms with van der Waals surface area (Å²) in [5.41, 5.74) is 9.48. The van der Waals surface area contributed by atoms with E-state index in [1.807, 2.05) is 35.8 Å². The second kappa shape index (κ2) is 6.28. The minimum Gasteiger partial charge on any atom is -0.368 e. The molecule has 6 rings (SSSR count). The maximum absolute atomic E-state index is 9.69. The first kappa shape index (κ1) is 17.4. The Kier molecular flexibility index (Phi) is 3.53. The second-order valence-corrected chi connectivity index (χ2v) is 7.82. The van der Waals surface area contributed by atoms with Crippen LogP contribution >= 0.6 is 0 Å². The SMILES string of the molecule is Cc1ccc(-c2nnc(N)n2-c2ccc3ccc4cccc5ccc2c3c45)c(C#N)c1. The lowest BCUT2D eigenvalue weighted by molar-refractivity contribution is 1.09. The highest BCUT2D eigenvalue weighted by Crippen LogP contribution is 2.38. The number of hydrogen-bond donors (Lipinski definition) is 1. The van der Waals surface area contributed by atoms with Gasteiger partial charge in [0.05, 0.1) is 17.3 Å². The first-order chi connectivity index (χ1) is 15.2. The van der Waals surface area contributed by atoms with E-state index >= 15 is 0 Å². The molecule has 0 aliphatic heterocycles. The summed E-state index contributed by atoms with van der Waals surface area (Å²) in [7, 11) is 0. The number of aryl methyl sites for hydroxylation is 1. The van der Waals surface area contributed by atoms with Crippen LogP contribution in [0.15, 0.2) is 72.8 Å². The lowest BCUT2D eigenvalue weighted by Crippen LogP contribution is -2.04. The molecule has 1 aromatic heterocycles. The molecule has 1 heterocycles. The molecule has 5 nitrogen and oxygen atoms in total. The van der Waals surface area contributed by atoms with E-state index in [0.29, 0.717) is 17.0 Å². The van der Waals surface area contributed by atoms with Crippen molar-refractivity contribution < 1.29 is 0 Å². The summed E-state index contributed by atoms with van der Waals surface area (Å²) in [6.45, 7) is 1.96. The molecule has 0 unspecified atom stereocenters. The lowest BCUT2D eigenvalue weighted by Gasteiger charge is -2.16. The van der Waals surface area contributed by atoms with Gasteiger partial charge in [0.2, 0.25) is 5.95 Å². The maximum atomic E-state index is 9.69. The van der Waals surface area contributed by atoms with Gasteiger partial charge in [-0.05, 0) is 57.6 Å². The molecule has 0 amide bonds. The summed E-state index contributed by atoms with van der Waals surface area (Å²) >= 11 is 0. The Morgan fingerprint density at radius 3 is 2.32 bits per heavy atom. The van der Waals surface area contributed by atoms with Gasteiger partial charge >= 0.3 is 0 Å². The third-order valence-corrected chi connectivity index (χ3v) is 5.97. The average Bonchev–Trinajstić information content (AvgIpc) is 3.18. The zero-order valence-corrected chi connectivity index (χ0v) is 16.8. The third-order valence-electron chi connectivity index (χ3n) is 5.97. The van der Waals surface area contributed by atoms with Gasteiger partial charge in [0.1, 0.15) is 0 Å². The van der Waals surface area contributed by atoms with E-state index in [1.165, 1.54) is 26.9 Å². The molecule has 5 heteroatoms. The number of nitrogens with two attached hydrogens (primary N) is 1. The molecular weight excluding hydrogens is 382 g/mol. The topological polar surface area (TPSA) is 80.5 Å². The number of benzene rings is 5. The molecule has 0 bridgehead atoms. The van der Waals surface area contributed by atoms with Gasteiger partial charge < -0.3 is 5.73 Å². The predicted molar refractivity (Wildman–Crippen MR) is 124 cm³/mol. The summed E-state index contributed by atoms with van der Waals surface area (Å²) in [6.07, 6.45) is 0. The second-order valence-electron chi connectivity index (χ2n) is 7.82. The van der Waals surface area contributed by atoms with Gasteiger partial charge in [-0.1, -0.05) is 54.6 Å². The molecule has 0 spiro atoms. The molecule has 0 aliphatic carbocycles. The maximum Gasteiger partial charge on any atom is 0.226 e. The fourth-order valence-corrected chi connectivity index (χ4v) is 4.57. The van der Waals surface area contributed by atoms with Crippen molar-refractivity contribution in [3.8, 4) is 23.1 Å². The van der Waals surface area contributed by atoms with Crippen LogP contribution in [-0.2, 0) is 0 Å². The van der Waals surface area contributed by atoms with Gasteiger partial charge in [0, 0.05) is 10.9 Å². The van der Waals surface area contributed by atoms with E-state index in [1.54, 1.807) is 0 Å². The first-order valence-electron chi connectivity index (χ1n) is 10.0. The Morgan fingerprint density at radius 1 is 0.839 bits per heavy atom. The van der Waals surface area contributed by atoms with Crippen LogP contribution in [0.25, 0.3) is 49.4 Å². The Morgan fingerprint density at radius 2 is 1.55 bits per heavy atom. The fourth-order valence-electron chi connectivity index (χ4n) is 4.57. The van der Waals surface area contributed by atoms with Gasteiger partial charge in [-0.25, -0.2) is 0 Å². The van der Waals surface area contributed by atoms with Crippen LogP contribution in [-0.4, -0.2) is 14.8 Å². The van der Waals surface area contributed by atoms with Crippen LogP contribution in [0.4, 0.5) is 5.95 Å². The van der Waals surface area contributed by atoms with E-state index < -0.39 is 0 Å². The Balaban J connectivity index is 1.72. The lowest BCUT2D eigenvalue weighted by atomic mass is 9.93. The molecule has 5 aromatic carbocycles. The van der Waals surface area contributed by atoms with Crippen LogP contribution in [0.2, 0.25) is 0 Å². The summed E-state index contributed by atoms with van der Waals surface area (Å²) in [4.78, 5) is 0. The number of nitriles is 1. The first-order valence-corrected chi connectivity index (χ1v) is 10.0. The van der Waals surface area contributed by atoms with Gasteiger partial charge in [0.25, 0.3) is 0 Å². The number of aromatic nitrogens is 3. The molecule has 2 N–H and O–H groups in total. The Hall–Kier alpha value is -4.43. The van der Waals surface area contributed by atoms with Crippen LogP contribution in [0, 0.1) is 18.3 Å². The summed E-state index contributed by atoms with van der Waals surface area (Å²) in [6, 6.07) is 27.1. The van der Waals surface area contributed by atoms with Crippen molar-refractivity contribution in [3.63, 3.8) is 0 Å². The third kappa shape index (κ3) is 2.42. The van der Waals surface area contributed by atoms with Crippen molar-refractivity contribution in [2.45, 2.75) is 6.92 Å². The standard InChI is InChI=1S/C26H17N5/c1-15-5-10-20(19(13-15)14-27)25-29-30-26(28)31(25)22-12-9-18-7-6-16-3-2-4-17-8-11-21(22)24(18)23(16)17/h2-13H,1H3,(H2,28,30). The number of nitrogen functional groups attached to an aromatic ring is 1. The molecule has 0 atom stereocenters. The Bertz CT molecular complexity index is 1650. The van der Waals surface area contributed by atoms with Crippen molar-refractivity contribution in [1.29, 1.82) is 5.26 Å². The zero-order valence-electron chi connectivity index (χ0n) is 16.8. The van der Waals surface area contributed by atoms with Crippen molar-refractivity contribution in [3.05, 3.63) is 83.9 Å². The quantitative estimate of drug-likeness (QED) is 0.385. The van der Waals surface area contributed by atoms with Crippen molar-refractivity contribution in [1.82, 2.24) is 14.8 Å². The molecule has 6 aromatic rings. The molecule has 146 valence electrons. The molecule has 0 radical (unpaired) electrons. The van der Waals surface area contributed by atoms with Crippen LogP contribution < -0.4 is 5.73 Å². The molecule has 0 saturated carbocycles. The predicted octanol–water partition coefficient (Wildman–Crippen LogP) is 5.59. The monoisotopic (exact) mass is 399 g/mol. The molecular formula is C26H17N5. The minimum atomic E-state index is 0.287. The van der Waals surface area contributed by atoms with Gasteiger partial charge in [-0.3, -0.25) is 4.57 Å².